The summed E-state index contributed by atoms with van der Waals surface area (Å²) < 4.78 is 6.66. The summed E-state index contributed by atoms with van der Waals surface area (Å²) in [6.07, 6.45) is -1.23. The van der Waals surface area contributed by atoms with Gasteiger partial charge in [-0.25, -0.2) is 0 Å². The summed E-state index contributed by atoms with van der Waals surface area (Å²) in [4.78, 5) is 12.3. The molecule has 0 bridgehead atoms. The van der Waals surface area contributed by atoms with Gasteiger partial charge in [0.1, 0.15) is 12.4 Å². The van der Waals surface area contributed by atoms with Gasteiger partial charge in [-0.15, -0.1) is 0 Å². The molecule has 1 fully saturated rings. The lowest BCUT2D eigenvalue weighted by atomic mass is 9.90. The van der Waals surface area contributed by atoms with Gasteiger partial charge in [0.25, 0.3) is 5.91 Å². The Morgan fingerprint density at radius 3 is 2.58 bits per heavy atom. The molecule has 7 heteroatoms. The molecule has 2 unspecified atom stereocenters. The van der Waals surface area contributed by atoms with E-state index in [9.17, 15) is 15.0 Å². The highest BCUT2D eigenvalue weighted by atomic mass is 79.9. The number of aliphatic hydroxyl groups excluding tert-OH is 2. The van der Waals surface area contributed by atoms with Gasteiger partial charge in [-0.2, -0.15) is 0 Å². The first-order chi connectivity index (χ1) is 11.5. The Kier molecular flexibility index (Phi) is 4.86. The fourth-order valence-electron chi connectivity index (χ4n) is 2.69. The molecule has 1 aliphatic rings. The SMILES string of the molecule is O=C1NC(O)NC1(CO)c1ccc(Br)cc1OCc1ccccc1. The predicted molar refractivity (Wildman–Crippen MR) is 91.0 cm³/mol. The van der Waals surface area contributed by atoms with Crippen LogP contribution in [-0.2, 0) is 16.9 Å². The van der Waals surface area contributed by atoms with Crippen molar-refractivity contribution in [2.45, 2.75) is 18.5 Å². The second-order valence-corrected chi connectivity index (χ2v) is 6.41. The van der Waals surface area contributed by atoms with E-state index in [4.69, 9.17) is 4.74 Å². The van der Waals surface area contributed by atoms with Gasteiger partial charge in [-0.3, -0.25) is 10.1 Å². The highest BCUT2D eigenvalue weighted by molar-refractivity contribution is 9.10. The molecule has 1 aliphatic heterocycles. The molecule has 2 atom stereocenters. The summed E-state index contributed by atoms with van der Waals surface area (Å²) in [5, 5.41) is 24.6. The second kappa shape index (κ2) is 6.90. The average molecular weight is 393 g/mol. The standard InChI is InChI=1S/C17H17BrN2O4/c18-12-6-7-13(17(10-21)15(22)19-16(23)20-17)14(8-12)24-9-11-4-2-1-3-5-11/h1-8,16,20-21,23H,9-10H2,(H,19,22). The Hall–Kier alpha value is -1.93. The topological polar surface area (TPSA) is 90.8 Å². The zero-order valence-electron chi connectivity index (χ0n) is 12.7. The zero-order chi connectivity index (χ0) is 17.2. The fraction of sp³-hybridized carbons (Fsp3) is 0.235. The minimum absolute atomic E-state index is 0.315. The number of aliphatic hydroxyl groups is 2. The van der Waals surface area contributed by atoms with Crippen molar-refractivity contribution in [3.8, 4) is 5.75 Å². The normalized spacial score (nSPS) is 23.1. The lowest BCUT2D eigenvalue weighted by Gasteiger charge is -2.27. The Morgan fingerprint density at radius 1 is 1.21 bits per heavy atom. The summed E-state index contributed by atoms with van der Waals surface area (Å²) in [6.45, 7) is -0.199. The highest BCUT2D eigenvalue weighted by Crippen LogP contribution is 2.35. The van der Waals surface area contributed by atoms with Crippen LogP contribution in [0.1, 0.15) is 11.1 Å². The van der Waals surface area contributed by atoms with E-state index in [-0.39, 0.29) is 0 Å². The molecule has 2 aromatic carbocycles. The van der Waals surface area contributed by atoms with E-state index in [1.54, 1.807) is 18.2 Å². The number of hydrogen-bond donors (Lipinski definition) is 4. The van der Waals surface area contributed by atoms with Gasteiger partial charge in [0, 0.05) is 10.0 Å². The first-order valence-electron chi connectivity index (χ1n) is 7.39. The van der Waals surface area contributed by atoms with Crippen LogP contribution in [0.3, 0.4) is 0 Å². The number of carbonyl (C=O) groups excluding carboxylic acids is 1. The molecule has 0 aromatic heterocycles. The molecule has 0 radical (unpaired) electrons. The average Bonchev–Trinajstić information content (AvgIpc) is 2.88. The largest absolute Gasteiger partial charge is 0.488 e. The summed E-state index contributed by atoms with van der Waals surface area (Å²) in [6, 6.07) is 14.8. The summed E-state index contributed by atoms with van der Waals surface area (Å²) in [5.41, 5.74) is -0.0184. The number of carbonyl (C=O) groups is 1. The van der Waals surface area contributed by atoms with Crippen LogP contribution in [-0.4, -0.2) is 29.1 Å². The van der Waals surface area contributed by atoms with Gasteiger partial charge in [-0.05, 0) is 17.7 Å². The molecule has 6 nitrogen and oxygen atoms in total. The third-order valence-corrected chi connectivity index (χ3v) is 4.41. The van der Waals surface area contributed by atoms with Crippen LogP contribution in [0.2, 0.25) is 0 Å². The maximum absolute atomic E-state index is 12.3. The number of rotatable bonds is 5. The van der Waals surface area contributed by atoms with E-state index < -0.39 is 24.4 Å². The molecule has 2 aromatic rings. The minimum Gasteiger partial charge on any atom is -0.488 e. The highest BCUT2D eigenvalue weighted by Gasteiger charge is 2.48. The number of benzene rings is 2. The summed E-state index contributed by atoms with van der Waals surface area (Å²) >= 11 is 3.38. The zero-order valence-corrected chi connectivity index (χ0v) is 14.3. The molecule has 0 saturated carbocycles. The Labute approximate surface area is 147 Å². The van der Waals surface area contributed by atoms with Gasteiger partial charge < -0.3 is 20.3 Å². The maximum Gasteiger partial charge on any atom is 0.250 e. The maximum atomic E-state index is 12.3. The van der Waals surface area contributed by atoms with Crippen molar-refractivity contribution < 1.29 is 19.7 Å². The van der Waals surface area contributed by atoms with E-state index in [0.29, 0.717) is 17.9 Å². The Balaban J connectivity index is 1.95. The summed E-state index contributed by atoms with van der Waals surface area (Å²) in [7, 11) is 0. The first-order valence-corrected chi connectivity index (χ1v) is 8.19. The van der Waals surface area contributed by atoms with Crippen LogP contribution >= 0.6 is 15.9 Å². The minimum atomic E-state index is -1.45. The van der Waals surface area contributed by atoms with Crippen molar-refractivity contribution in [2.75, 3.05) is 6.61 Å². The number of ether oxygens (including phenoxy) is 1. The third-order valence-electron chi connectivity index (χ3n) is 3.92. The number of halogens is 1. The van der Waals surface area contributed by atoms with Crippen molar-refractivity contribution in [2.24, 2.45) is 0 Å². The van der Waals surface area contributed by atoms with Crippen molar-refractivity contribution >= 4 is 21.8 Å². The number of nitrogens with one attached hydrogen (secondary N) is 2. The molecule has 24 heavy (non-hydrogen) atoms. The Morgan fingerprint density at radius 2 is 1.96 bits per heavy atom. The van der Waals surface area contributed by atoms with Crippen molar-refractivity contribution in [3.63, 3.8) is 0 Å². The van der Waals surface area contributed by atoms with Gasteiger partial charge in [0.2, 0.25) is 0 Å². The van der Waals surface area contributed by atoms with Gasteiger partial charge in [0.05, 0.1) is 6.61 Å². The first kappa shape index (κ1) is 16.9. The van der Waals surface area contributed by atoms with Gasteiger partial charge in [0.15, 0.2) is 11.9 Å². The molecule has 1 amide bonds. The molecule has 126 valence electrons. The molecule has 0 spiro atoms. The van der Waals surface area contributed by atoms with Crippen molar-refractivity contribution in [1.29, 1.82) is 0 Å². The van der Waals surface area contributed by atoms with Crippen molar-refractivity contribution in [1.82, 2.24) is 10.6 Å². The lowest BCUT2D eigenvalue weighted by Crippen LogP contribution is -2.48. The van der Waals surface area contributed by atoms with Gasteiger partial charge >= 0.3 is 0 Å². The molecule has 1 saturated heterocycles. The molecular weight excluding hydrogens is 376 g/mol. The molecular formula is C17H17BrN2O4. The number of hydrogen-bond acceptors (Lipinski definition) is 5. The van der Waals surface area contributed by atoms with Crippen molar-refractivity contribution in [3.05, 3.63) is 64.1 Å². The van der Waals surface area contributed by atoms with E-state index in [0.717, 1.165) is 10.0 Å². The summed E-state index contributed by atoms with van der Waals surface area (Å²) in [5.74, 6) is -0.0663. The molecule has 1 heterocycles. The van der Waals surface area contributed by atoms with Gasteiger partial charge in [-0.1, -0.05) is 52.3 Å². The van der Waals surface area contributed by atoms with E-state index >= 15 is 0 Å². The fourth-order valence-corrected chi connectivity index (χ4v) is 3.03. The molecule has 4 N–H and O–H groups in total. The van der Waals surface area contributed by atoms with Crippen LogP contribution in [0.5, 0.6) is 5.75 Å². The van der Waals surface area contributed by atoms with Crippen LogP contribution in [0.15, 0.2) is 53.0 Å². The smallest absolute Gasteiger partial charge is 0.250 e. The third kappa shape index (κ3) is 3.16. The monoisotopic (exact) mass is 392 g/mol. The van der Waals surface area contributed by atoms with E-state index in [1.807, 2.05) is 30.3 Å². The molecule has 0 aliphatic carbocycles. The molecule has 3 rings (SSSR count). The Bertz CT molecular complexity index is 741. The van der Waals surface area contributed by atoms with Crippen LogP contribution in [0.25, 0.3) is 0 Å². The quantitative estimate of drug-likeness (QED) is 0.613. The second-order valence-electron chi connectivity index (χ2n) is 5.50. The predicted octanol–water partition coefficient (Wildman–Crippen LogP) is 1.21. The van der Waals surface area contributed by atoms with E-state index in [1.165, 1.54) is 0 Å². The lowest BCUT2D eigenvalue weighted by molar-refractivity contribution is -0.126. The van der Waals surface area contributed by atoms with Crippen LogP contribution in [0, 0.1) is 0 Å². The number of amides is 1. The van der Waals surface area contributed by atoms with Crippen LogP contribution < -0.4 is 15.4 Å². The van der Waals surface area contributed by atoms with E-state index in [2.05, 4.69) is 26.6 Å². The van der Waals surface area contributed by atoms with Crippen LogP contribution in [0.4, 0.5) is 0 Å².